The maximum absolute atomic E-state index is 12.8. The molecule has 0 saturated heterocycles. The van der Waals surface area contributed by atoms with Crippen molar-refractivity contribution in [3.8, 4) is 0 Å². The predicted octanol–water partition coefficient (Wildman–Crippen LogP) is 5.09. The van der Waals surface area contributed by atoms with Gasteiger partial charge in [0.05, 0.1) is 16.5 Å². The third-order valence-electron chi connectivity index (χ3n) is 5.52. The van der Waals surface area contributed by atoms with Gasteiger partial charge in [0.15, 0.2) is 5.16 Å². The number of nitrogens with one attached hydrogen (secondary N) is 2. The molecule has 0 saturated carbocycles. The van der Waals surface area contributed by atoms with Gasteiger partial charge in [0.1, 0.15) is 15.5 Å². The van der Waals surface area contributed by atoms with E-state index in [2.05, 4.69) is 40.7 Å². The second-order valence-electron chi connectivity index (χ2n) is 7.67. The number of aromatic nitrogens is 4. The highest BCUT2D eigenvalue weighted by Crippen LogP contribution is 2.31. The summed E-state index contributed by atoms with van der Waals surface area (Å²) in [5.74, 6) is 1.54. The molecule has 0 radical (unpaired) electrons. The number of thioether (sulfide) groups is 1. The predicted molar refractivity (Wildman–Crippen MR) is 127 cm³/mol. The first-order valence-corrected chi connectivity index (χ1v) is 12.5. The molecule has 4 rings (SSSR count). The Labute approximate surface area is 186 Å². The van der Waals surface area contributed by atoms with Gasteiger partial charge in [0.25, 0.3) is 11.1 Å². The Morgan fingerprint density at radius 3 is 2.37 bits per heavy atom. The van der Waals surface area contributed by atoms with Gasteiger partial charge in [-0.1, -0.05) is 32.0 Å². The van der Waals surface area contributed by atoms with E-state index >= 15 is 0 Å². The maximum Gasteiger partial charge on any atom is 0.260 e. The van der Waals surface area contributed by atoms with Gasteiger partial charge in [-0.2, -0.15) is 0 Å². The fourth-order valence-electron chi connectivity index (χ4n) is 3.47. The summed E-state index contributed by atoms with van der Waals surface area (Å²) in [7, 11) is 0. The fraction of sp³-hybridized carbons (Fsp3) is 0.429. The van der Waals surface area contributed by atoms with Crippen LogP contribution >= 0.6 is 34.4 Å². The van der Waals surface area contributed by atoms with Crippen LogP contribution in [0.3, 0.4) is 0 Å². The Kier molecular flexibility index (Phi) is 5.87. The summed E-state index contributed by atoms with van der Waals surface area (Å²) in [6, 6.07) is 0. The Bertz CT molecular complexity index is 1360. The first kappa shape index (κ1) is 21.3. The van der Waals surface area contributed by atoms with Crippen LogP contribution < -0.4 is 11.1 Å². The van der Waals surface area contributed by atoms with Gasteiger partial charge in [0.2, 0.25) is 0 Å². The Hall–Kier alpha value is -1.97. The number of fused-ring (bicyclic) bond motifs is 2. The summed E-state index contributed by atoms with van der Waals surface area (Å²) < 4.78 is 0. The highest BCUT2D eigenvalue weighted by atomic mass is 32.2. The minimum Gasteiger partial charge on any atom is -0.309 e. The molecule has 0 aliphatic carbocycles. The van der Waals surface area contributed by atoms with Crippen LogP contribution in [0.2, 0.25) is 0 Å². The second kappa shape index (κ2) is 8.28. The van der Waals surface area contributed by atoms with Crippen LogP contribution in [0.4, 0.5) is 0 Å². The summed E-state index contributed by atoms with van der Waals surface area (Å²) in [4.78, 5) is 44.1. The van der Waals surface area contributed by atoms with Gasteiger partial charge in [0, 0.05) is 9.75 Å². The summed E-state index contributed by atoms with van der Waals surface area (Å²) >= 11 is 4.48. The molecule has 158 valence electrons. The quantitative estimate of drug-likeness (QED) is 0.309. The van der Waals surface area contributed by atoms with Crippen molar-refractivity contribution >= 4 is 54.9 Å². The van der Waals surface area contributed by atoms with Crippen molar-refractivity contribution in [2.45, 2.75) is 58.4 Å². The largest absolute Gasteiger partial charge is 0.309 e. The van der Waals surface area contributed by atoms with Crippen molar-refractivity contribution in [2.75, 3.05) is 0 Å². The fourth-order valence-corrected chi connectivity index (χ4v) is 6.36. The maximum atomic E-state index is 12.8. The Morgan fingerprint density at radius 1 is 0.967 bits per heavy atom. The van der Waals surface area contributed by atoms with Crippen LogP contribution in [0.5, 0.6) is 0 Å². The molecule has 0 aromatic carbocycles. The van der Waals surface area contributed by atoms with Crippen LogP contribution in [0.25, 0.3) is 20.4 Å². The number of hydrogen-bond acceptors (Lipinski definition) is 7. The van der Waals surface area contributed by atoms with Crippen LogP contribution in [0.15, 0.2) is 14.7 Å². The van der Waals surface area contributed by atoms with Crippen molar-refractivity contribution in [1.82, 2.24) is 19.9 Å². The van der Waals surface area contributed by atoms with Gasteiger partial charge in [-0.05, 0) is 44.2 Å². The van der Waals surface area contributed by atoms with Gasteiger partial charge in [-0.3, -0.25) is 9.59 Å². The molecule has 0 fully saturated rings. The van der Waals surface area contributed by atoms with E-state index in [1.165, 1.54) is 23.1 Å². The van der Waals surface area contributed by atoms with Crippen molar-refractivity contribution in [3.63, 3.8) is 0 Å². The molecule has 1 unspecified atom stereocenters. The molecule has 4 heterocycles. The number of nitrogens with zero attached hydrogens (tertiary/aromatic N) is 2. The number of hydrogen-bond donors (Lipinski definition) is 2. The molecule has 0 spiro atoms. The molecule has 0 bridgehead atoms. The minimum atomic E-state index is -0.113. The van der Waals surface area contributed by atoms with E-state index in [9.17, 15) is 9.59 Å². The first-order valence-electron chi connectivity index (χ1n) is 9.92. The van der Waals surface area contributed by atoms with Crippen molar-refractivity contribution in [1.29, 1.82) is 0 Å². The van der Waals surface area contributed by atoms with Crippen LogP contribution in [-0.2, 0) is 12.2 Å². The Balaban J connectivity index is 1.63. The van der Waals surface area contributed by atoms with E-state index in [4.69, 9.17) is 0 Å². The topological polar surface area (TPSA) is 91.5 Å². The third kappa shape index (κ3) is 3.86. The molecule has 30 heavy (non-hydrogen) atoms. The average Bonchev–Trinajstić information content (AvgIpc) is 3.16. The minimum absolute atomic E-state index is 0.0911. The highest BCUT2D eigenvalue weighted by molar-refractivity contribution is 7.98. The molecule has 0 amide bonds. The van der Waals surface area contributed by atoms with Crippen LogP contribution in [0.1, 0.15) is 47.0 Å². The van der Waals surface area contributed by atoms with Crippen molar-refractivity contribution < 1.29 is 0 Å². The highest BCUT2D eigenvalue weighted by Gasteiger charge is 2.17. The molecule has 6 nitrogen and oxygen atoms in total. The van der Waals surface area contributed by atoms with Gasteiger partial charge < -0.3 is 9.97 Å². The van der Waals surface area contributed by atoms with Crippen LogP contribution in [-0.4, -0.2) is 19.9 Å². The second-order valence-corrected chi connectivity index (χ2v) is 11.0. The first-order chi connectivity index (χ1) is 14.3. The lowest BCUT2D eigenvalue weighted by molar-refractivity contribution is 0.561. The zero-order valence-corrected chi connectivity index (χ0v) is 20.1. The van der Waals surface area contributed by atoms with E-state index in [0.29, 0.717) is 28.0 Å². The van der Waals surface area contributed by atoms with Crippen molar-refractivity contribution in [2.24, 2.45) is 5.92 Å². The lowest BCUT2D eigenvalue weighted by Gasteiger charge is -2.08. The van der Waals surface area contributed by atoms with E-state index in [1.807, 2.05) is 13.8 Å². The third-order valence-corrected chi connectivity index (χ3v) is 8.55. The standard InChI is InChI=1S/C21H24N4O2S3/c1-6-9(2)7-13-12(5)30-20-16(13)18(27)24-21(25-20)28-8-14-22-17(26)15-10(3)11(4)29-19(15)23-14/h9H,6-8H2,1-5H3,(H,22,23,26)(H,24,25,27). The van der Waals surface area contributed by atoms with E-state index in [1.54, 1.807) is 11.3 Å². The number of aryl methyl sites for hydroxylation is 3. The Morgan fingerprint density at radius 2 is 1.63 bits per heavy atom. The lowest BCUT2D eigenvalue weighted by atomic mass is 9.98. The van der Waals surface area contributed by atoms with Gasteiger partial charge in [-0.25, -0.2) is 9.97 Å². The number of thiophene rings is 2. The van der Waals surface area contributed by atoms with Gasteiger partial charge in [-0.15, -0.1) is 22.7 Å². The lowest BCUT2D eigenvalue weighted by Crippen LogP contribution is -2.12. The zero-order valence-electron chi connectivity index (χ0n) is 17.6. The summed E-state index contributed by atoms with van der Waals surface area (Å²) in [6.45, 7) is 10.4. The summed E-state index contributed by atoms with van der Waals surface area (Å²) in [6.07, 6.45) is 1.97. The smallest absolute Gasteiger partial charge is 0.260 e. The van der Waals surface area contributed by atoms with Gasteiger partial charge >= 0.3 is 0 Å². The molecular formula is C21H24N4O2S3. The number of H-pyrrole nitrogens is 2. The molecular weight excluding hydrogens is 436 g/mol. The average molecular weight is 461 g/mol. The normalized spacial score (nSPS) is 12.8. The molecule has 0 aliphatic heterocycles. The molecule has 2 N–H and O–H groups in total. The molecule has 1 atom stereocenters. The molecule has 4 aromatic rings. The summed E-state index contributed by atoms with van der Waals surface area (Å²) in [5, 5.41) is 1.94. The molecule has 0 aliphatic rings. The zero-order chi connectivity index (χ0) is 21.6. The van der Waals surface area contributed by atoms with Crippen molar-refractivity contribution in [3.05, 3.63) is 47.4 Å². The number of aromatic amines is 2. The summed E-state index contributed by atoms with van der Waals surface area (Å²) in [5.41, 5.74) is 1.90. The molecule has 4 aromatic heterocycles. The van der Waals surface area contributed by atoms with Crippen LogP contribution in [0, 0.1) is 26.7 Å². The molecule has 9 heteroatoms. The van der Waals surface area contributed by atoms with E-state index in [0.717, 1.165) is 48.8 Å². The SMILES string of the molecule is CCC(C)Cc1c(C)sc2nc(SCc3nc4sc(C)c(C)c4c(=O)[nH]3)[nH]c(=O)c12. The van der Waals surface area contributed by atoms with E-state index < -0.39 is 0 Å². The van der Waals surface area contributed by atoms with E-state index in [-0.39, 0.29) is 11.1 Å². The monoisotopic (exact) mass is 460 g/mol. The number of rotatable bonds is 6.